The molecule has 2 N–H and O–H groups in total. The molecule has 0 radical (unpaired) electrons. The molecule has 1 aromatic carbocycles. The summed E-state index contributed by atoms with van der Waals surface area (Å²) < 4.78 is 49.1. The van der Waals surface area contributed by atoms with Crippen LogP contribution >= 0.6 is 0 Å². The minimum absolute atomic E-state index is 0. The van der Waals surface area contributed by atoms with Gasteiger partial charge in [-0.15, -0.1) is 5.46 Å². The maximum absolute atomic E-state index is 12.8. The van der Waals surface area contributed by atoms with Crippen LogP contribution in [0.25, 0.3) is 0 Å². The van der Waals surface area contributed by atoms with Gasteiger partial charge in [0.05, 0.1) is 5.56 Å². The molecule has 76 valence electrons. The van der Waals surface area contributed by atoms with Crippen LogP contribution in [0.3, 0.4) is 0 Å². The van der Waals surface area contributed by atoms with Gasteiger partial charge in [0.25, 0.3) is 5.91 Å². The summed E-state index contributed by atoms with van der Waals surface area (Å²) >= 11 is 0. The molecule has 0 spiro atoms. The first-order chi connectivity index (χ1) is 6.32. The molecule has 1 rings (SSSR count). The molecule has 0 heterocycles. The number of primary amides is 1. The predicted molar refractivity (Wildman–Crippen MR) is 43.6 cm³/mol. The standard InChI is InChI=1S/C7H5BF4NO.K/c9-6-3-4(8(10,11)12)1-2-5(6)7(13)14;/h1-3H,(H2,13,14);/q-1;+1. The molecule has 0 atom stereocenters. The third-order valence-electron chi connectivity index (χ3n) is 1.64. The van der Waals surface area contributed by atoms with Crippen LogP contribution in [-0.4, -0.2) is 12.9 Å². The quantitative estimate of drug-likeness (QED) is 0.474. The number of nitrogens with two attached hydrogens (primary N) is 1. The molecule has 8 heteroatoms. The molecular formula is C7H5BF4KNO. The molecule has 2 nitrogen and oxygen atoms in total. The Kier molecular flexibility index (Phi) is 5.48. The molecular weight excluding hydrogens is 240 g/mol. The number of carbonyl (C=O) groups is 1. The van der Waals surface area contributed by atoms with Crippen molar-refractivity contribution in [2.45, 2.75) is 0 Å². The summed E-state index contributed by atoms with van der Waals surface area (Å²) in [5.74, 6) is -2.35. The third kappa shape index (κ3) is 3.88. The van der Waals surface area contributed by atoms with Crippen LogP contribution in [0, 0.1) is 5.82 Å². The second-order valence-corrected chi connectivity index (χ2v) is 2.68. The van der Waals surface area contributed by atoms with Crippen LogP contribution in [0.2, 0.25) is 0 Å². The Balaban J connectivity index is 0.00000196. The van der Waals surface area contributed by atoms with E-state index in [9.17, 15) is 22.1 Å². The summed E-state index contributed by atoms with van der Waals surface area (Å²) in [6.45, 7) is -5.25. The van der Waals surface area contributed by atoms with E-state index in [0.717, 1.165) is 6.07 Å². The number of hydrogen-bond donors (Lipinski definition) is 1. The van der Waals surface area contributed by atoms with E-state index < -0.39 is 29.7 Å². The number of carbonyl (C=O) groups excluding carboxylic acids is 1. The molecule has 0 fully saturated rings. The second kappa shape index (κ2) is 5.44. The zero-order valence-electron chi connectivity index (χ0n) is 7.81. The molecule has 0 aliphatic heterocycles. The van der Waals surface area contributed by atoms with Gasteiger partial charge in [0.1, 0.15) is 5.82 Å². The molecule has 0 aliphatic carbocycles. The summed E-state index contributed by atoms with van der Waals surface area (Å²) in [4.78, 5) is 10.5. The number of benzene rings is 1. The SMILES string of the molecule is NC(=O)c1ccc([B-](F)(F)F)cc1F.[K+]. The summed E-state index contributed by atoms with van der Waals surface area (Å²) in [6, 6.07) is 1.62. The number of halogens is 4. The molecule has 0 bridgehead atoms. The van der Waals surface area contributed by atoms with Crippen LogP contribution in [-0.2, 0) is 0 Å². The fraction of sp³-hybridized carbons (Fsp3) is 0. The second-order valence-electron chi connectivity index (χ2n) is 2.68. The zero-order valence-corrected chi connectivity index (χ0v) is 10.9. The number of hydrogen-bond acceptors (Lipinski definition) is 1. The topological polar surface area (TPSA) is 43.1 Å². The average molecular weight is 245 g/mol. The van der Waals surface area contributed by atoms with E-state index in [0.29, 0.717) is 6.07 Å². The van der Waals surface area contributed by atoms with Crippen LogP contribution in [0.4, 0.5) is 17.3 Å². The van der Waals surface area contributed by atoms with Crippen LogP contribution < -0.4 is 62.6 Å². The van der Waals surface area contributed by atoms with Gasteiger partial charge < -0.3 is 18.7 Å². The van der Waals surface area contributed by atoms with Crippen LogP contribution in [0.15, 0.2) is 18.2 Å². The Bertz CT molecular complexity index is 382. The summed E-state index contributed by atoms with van der Waals surface area (Å²) in [5.41, 5.74) is 3.08. The van der Waals surface area contributed by atoms with Crippen molar-refractivity contribution in [3.63, 3.8) is 0 Å². The van der Waals surface area contributed by atoms with Gasteiger partial charge in [-0.25, -0.2) is 4.39 Å². The van der Waals surface area contributed by atoms with Gasteiger partial charge in [0, 0.05) is 0 Å². The Morgan fingerprint density at radius 2 is 1.80 bits per heavy atom. The first kappa shape index (κ1) is 15.1. The van der Waals surface area contributed by atoms with Crippen molar-refractivity contribution in [2.75, 3.05) is 0 Å². The Labute approximate surface area is 126 Å². The summed E-state index contributed by atoms with van der Waals surface area (Å²) in [7, 11) is 0. The number of rotatable bonds is 2. The van der Waals surface area contributed by atoms with Crippen LogP contribution in [0.5, 0.6) is 0 Å². The first-order valence-electron chi connectivity index (χ1n) is 3.61. The normalized spacial score (nSPS) is 10.7. The van der Waals surface area contributed by atoms with Crippen molar-refractivity contribution >= 4 is 18.3 Å². The van der Waals surface area contributed by atoms with Crippen molar-refractivity contribution in [2.24, 2.45) is 5.73 Å². The van der Waals surface area contributed by atoms with Gasteiger partial charge >= 0.3 is 58.4 Å². The zero-order chi connectivity index (χ0) is 10.9. The van der Waals surface area contributed by atoms with E-state index in [4.69, 9.17) is 5.73 Å². The summed E-state index contributed by atoms with van der Waals surface area (Å²) in [6.07, 6.45) is 0. The van der Waals surface area contributed by atoms with E-state index in [1.165, 1.54) is 0 Å². The van der Waals surface area contributed by atoms with E-state index >= 15 is 0 Å². The fourth-order valence-electron chi connectivity index (χ4n) is 0.935. The van der Waals surface area contributed by atoms with E-state index in [1.54, 1.807) is 0 Å². The fourth-order valence-corrected chi connectivity index (χ4v) is 0.935. The van der Waals surface area contributed by atoms with Gasteiger partial charge in [-0.05, 0) is 6.07 Å². The van der Waals surface area contributed by atoms with E-state index in [2.05, 4.69) is 0 Å². The minimum atomic E-state index is -5.25. The van der Waals surface area contributed by atoms with Crippen molar-refractivity contribution in [1.29, 1.82) is 0 Å². The smallest absolute Gasteiger partial charge is 0.445 e. The van der Waals surface area contributed by atoms with Crippen molar-refractivity contribution in [3.05, 3.63) is 29.6 Å². The summed E-state index contributed by atoms with van der Waals surface area (Å²) in [5, 5.41) is 0. The molecule has 1 amide bonds. The molecule has 0 aliphatic rings. The molecule has 0 saturated heterocycles. The largest absolute Gasteiger partial charge is 1.00 e. The predicted octanol–water partition coefficient (Wildman–Crippen LogP) is -2.02. The maximum atomic E-state index is 12.8. The van der Waals surface area contributed by atoms with Crippen molar-refractivity contribution in [3.8, 4) is 0 Å². The van der Waals surface area contributed by atoms with Crippen LogP contribution in [0.1, 0.15) is 10.4 Å². The molecule has 1 aromatic rings. The Morgan fingerprint density at radius 1 is 1.27 bits per heavy atom. The molecule has 15 heavy (non-hydrogen) atoms. The molecule has 0 saturated carbocycles. The first-order valence-corrected chi connectivity index (χ1v) is 3.61. The van der Waals surface area contributed by atoms with Gasteiger partial charge in [0.15, 0.2) is 0 Å². The average Bonchev–Trinajstić information content (AvgIpc) is 2.01. The van der Waals surface area contributed by atoms with Gasteiger partial charge in [0.2, 0.25) is 0 Å². The Hall–Kier alpha value is 0.111. The van der Waals surface area contributed by atoms with Gasteiger partial charge in [-0.3, -0.25) is 4.79 Å². The molecule has 0 aromatic heterocycles. The van der Waals surface area contributed by atoms with Gasteiger partial charge in [-0.1, -0.05) is 12.1 Å². The van der Waals surface area contributed by atoms with E-state index in [-0.39, 0.29) is 57.5 Å². The monoisotopic (exact) mass is 245 g/mol. The van der Waals surface area contributed by atoms with E-state index in [1.807, 2.05) is 0 Å². The maximum Gasteiger partial charge on any atom is 1.00 e. The van der Waals surface area contributed by atoms with Crippen molar-refractivity contribution < 1.29 is 73.5 Å². The molecule has 0 unspecified atom stereocenters. The Morgan fingerprint density at radius 3 is 2.13 bits per heavy atom. The van der Waals surface area contributed by atoms with Crippen molar-refractivity contribution in [1.82, 2.24) is 0 Å². The minimum Gasteiger partial charge on any atom is -0.445 e. The van der Waals surface area contributed by atoms with Gasteiger partial charge in [-0.2, -0.15) is 0 Å². The third-order valence-corrected chi connectivity index (χ3v) is 1.64. The number of amides is 1.